The molecule has 0 saturated carbocycles. The van der Waals surface area contributed by atoms with Crippen LogP contribution >= 0.6 is 0 Å². The number of aromatic nitrogens is 2. The van der Waals surface area contributed by atoms with Crippen molar-refractivity contribution in [1.82, 2.24) is 9.13 Å². The molecule has 3 aliphatic carbocycles. The van der Waals surface area contributed by atoms with E-state index in [4.69, 9.17) is 0 Å². The Morgan fingerprint density at radius 1 is 0.183 bits per heavy atom. The van der Waals surface area contributed by atoms with Crippen molar-refractivity contribution in [2.45, 2.75) is 57.8 Å². The Morgan fingerprint density at radius 2 is 0.496 bits per heavy atom. The topological polar surface area (TPSA) is 9.86 Å². The number of para-hydroxylation sites is 3. The van der Waals surface area contributed by atoms with Gasteiger partial charge in [0.1, 0.15) is 0 Å². The number of rotatable bonds is 8. The standard InChI is InChI=1S/C60H43NSe.C51H35NSe/c1-59(2)51-20-9-5-14-43(51)45-27-24-36(33-53(45)59)38-30-39(32-40(31-38)42-18-13-19-50-49-17-8-12-23-57(49)62-58(42)50)37-25-28-48-47-16-7-11-22-55(47)61(56(48)34-37)41-26-29-46-44-15-6-10-21-52(44)60(3,4)54(46)35-41;1-51(2)45-20-9-6-15-39(45)40-25-23-32(30-46(40)51)34-27-35(29-36(28-34)38-18-12-19-44-43-17-8-11-22-49(43)53-50(38)44)33-24-26-42-41-16-7-10-21-47(41)52(48(42)31-33)37-13-4-3-5-14-37/h5-35H,1-4H3;3-31H,1-2H3. The molecule has 115 heavy (non-hydrogen) atoms. The molecule has 2 nitrogen and oxygen atoms in total. The second kappa shape index (κ2) is 25.7. The van der Waals surface area contributed by atoms with Crippen molar-refractivity contribution in [3.05, 3.63) is 397 Å². The van der Waals surface area contributed by atoms with Crippen LogP contribution in [0, 0.1) is 0 Å². The Labute approximate surface area is 681 Å². The Balaban J connectivity index is 0.000000138. The van der Waals surface area contributed by atoms with E-state index in [0.29, 0.717) is 0 Å². The van der Waals surface area contributed by atoms with Crippen LogP contribution in [0.1, 0.15) is 74.9 Å². The molecule has 4 heterocycles. The number of fused-ring (bicyclic) bond motifs is 21. The predicted molar refractivity (Wildman–Crippen MR) is 491 cm³/mol. The Hall–Kier alpha value is -12.6. The normalized spacial score (nSPS) is 13.9. The first-order chi connectivity index (χ1) is 56.3. The monoisotopic (exact) mass is 1600 g/mol. The summed E-state index contributed by atoms with van der Waals surface area (Å²) in [5.41, 5.74) is 38.7. The number of nitrogens with zero attached hydrogens (tertiary/aromatic N) is 2. The molecular weight excluding hydrogens is 1520 g/mol. The van der Waals surface area contributed by atoms with Gasteiger partial charge in [-0.1, -0.05) is 44.2 Å². The van der Waals surface area contributed by atoms with Crippen LogP contribution < -0.4 is 0 Å². The average Bonchev–Trinajstić information content (AvgIpc) is 1.58. The molecule has 0 atom stereocenters. The van der Waals surface area contributed by atoms with E-state index in [1.54, 1.807) is 0 Å². The number of benzene rings is 17. The van der Waals surface area contributed by atoms with Crippen molar-refractivity contribution in [2.24, 2.45) is 0 Å². The summed E-state index contributed by atoms with van der Waals surface area (Å²) < 4.78 is 10.8. The maximum atomic E-state index is 2.50. The molecule has 0 fully saturated rings. The molecular formula is C111H78N2Se2. The van der Waals surface area contributed by atoms with E-state index < -0.39 is 0 Å². The van der Waals surface area contributed by atoms with Gasteiger partial charge in [0.15, 0.2) is 0 Å². The van der Waals surface area contributed by atoms with Crippen LogP contribution in [0.25, 0.3) is 194 Å². The zero-order valence-electron chi connectivity index (χ0n) is 64.9. The predicted octanol–water partition coefficient (Wildman–Crippen LogP) is 29.2. The van der Waals surface area contributed by atoms with Crippen LogP contribution in [0.15, 0.2) is 364 Å². The van der Waals surface area contributed by atoms with Gasteiger partial charge in [0.2, 0.25) is 0 Å². The second-order valence-corrected chi connectivity index (χ2v) is 37.8. The summed E-state index contributed by atoms with van der Waals surface area (Å²) in [6.45, 7) is 14.3. The van der Waals surface area contributed by atoms with Crippen molar-refractivity contribution >= 4 is 111 Å². The molecule has 24 rings (SSSR count). The molecule has 0 spiro atoms. The molecule has 0 aliphatic heterocycles. The third-order valence-electron chi connectivity index (χ3n) is 26.0. The van der Waals surface area contributed by atoms with Crippen LogP contribution in [-0.2, 0) is 16.2 Å². The molecule has 0 radical (unpaired) electrons. The maximum absolute atomic E-state index is 2.50. The van der Waals surface area contributed by atoms with Gasteiger partial charge in [-0.15, -0.1) is 0 Å². The zero-order valence-corrected chi connectivity index (χ0v) is 68.3. The third-order valence-corrected chi connectivity index (χ3v) is 31.1. The minimum atomic E-state index is -0.0848. The summed E-state index contributed by atoms with van der Waals surface area (Å²) in [7, 11) is 0. The van der Waals surface area contributed by atoms with Crippen molar-refractivity contribution in [3.63, 3.8) is 0 Å². The molecule has 0 amide bonds. The van der Waals surface area contributed by atoms with Gasteiger partial charge in [0, 0.05) is 5.41 Å². The molecule has 0 saturated heterocycles. The molecule has 4 aromatic heterocycles. The molecule has 17 aromatic carbocycles. The molecule has 21 aromatic rings. The number of hydrogen-bond acceptors (Lipinski definition) is 0. The van der Waals surface area contributed by atoms with E-state index in [1.807, 2.05) is 0 Å². The van der Waals surface area contributed by atoms with Gasteiger partial charge in [-0.3, -0.25) is 0 Å². The average molecular weight is 1600 g/mol. The van der Waals surface area contributed by atoms with Gasteiger partial charge in [-0.05, 0) is 16.7 Å². The van der Waals surface area contributed by atoms with Gasteiger partial charge in [-0.2, -0.15) is 0 Å². The van der Waals surface area contributed by atoms with Crippen molar-refractivity contribution < 1.29 is 0 Å². The SMILES string of the molecule is CC1(C)c2ccccc2-c2ccc(-c3cc(-c4ccc5c6ccccc6n(-c6ccc7c(c6)C(C)(C)c6ccccc6-7)c5c4)cc(-c4cccc5c4[se]c4ccccc45)c3)cc21.CC1(C)c2ccccc2-c2ccc(-c3cc(-c4ccc5c6ccccc6n(-c6ccccc6)c5c4)cc(-c4cccc5c4[se]c4ccccc45)c3)cc21. The summed E-state index contributed by atoms with van der Waals surface area (Å²) in [4.78, 5) is 0. The van der Waals surface area contributed by atoms with Gasteiger partial charge in [-0.25, -0.2) is 0 Å². The fourth-order valence-electron chi connectivity index (χ4n) is 20.2. The van der Waals surface area contributed by atoms with E-state index >= 15 is 0 Å². The van der Waals surface area contributed by atoms with Crippen LogP contribution in [0.2, 0.25) is 0 Å². The van der Waals surface area contributed by atoms with Gasteiger partial charge in [0.05, 0.1) is 0 Å². The summed E-state index contributed by atoms with van der Waals surface area (Å²) in [5.74, 6) is 0. The number of hydrogen-bond donors (Lipinski definition) is 0. The van der Waals surface area contributed by atoms with E-state index in [2.05, 4.69) is 415 Å². The first-order valence-corrected chi connectivity index (χ1v) is 43.7. The summed E-state index contributed by atoms with van der Waals surface area (Å²) >= 11 is 0.477. The molecule has 0 N–H and O–H groups in total. The van der Waals surface area contributed by atoms with E-state index in [0.717, 1.165) is 0 Å². The first-order valence-electron chi connectivity index (χ1n) is 40.3. The van der Waals surface area contributed by atoms with Gasteiger partial charge < -0.3 is 0 Å². The van der Waals surface area contributed by atoms with Crippen LogP contribution in [-0.4, -0.2) is 38.1 Å². The Kier molecular flexibility index (Phi) is 15.2. The fourth-order valence-corrected chi connectivity index (χ4v) is 25.4. The van der Waals surface area contributed by atoms with Crippen molar-refractivity contribution in [2.75, 3.05) is 0 Å². The van der Waals surface area contributed by atoms with Gasteiger partial charge in [0.25, 0.3) is 0 Å². The van der Waals surface area contributed by atoms with E-state index in [-0.39, 0.29) is 45.3 Å². The summed E-state index contributed by atoms with van der Waals surface area (Å²) in [6.07, 6.45) is 0. The van der Waals surface area contributed by atoms with Gasteiger partial charge >= 0.3 is 621 Å². The first kappa shape index (κ1) is 68.0. The van der Waals surface area contributed by atoms with Crippen LogP contribution in [0.4, 0.5) is 0 Å². The van der Waals surface area contributed by atoms with Crippen molar-refractivity contribution in [3.8, 4) is 112 Å². The minimum absolute atomic E-state index is 0.0627. The Morgan fingerprint density at radius 3 is 0.948 bits per heavy atom. The third kappa shape index (κ3) is 10.5. The van der Waals surface area contributed by atoms with Crippen LogP contribution in [0.3, 0.4) is 0 Å². The van der Waals surface area contributed by atoms with Crippen molar-refractivity contribution in [1.29, 1.82) is 0 Å². The molecule has 4 heteroatoms. The summed E-state index contributed by atoms with van der Waals surface area (Å²) in [5, 5.41) is 10.6. The fraction of sp³-hybridized carbons (Fsp3) is 0.0811. The van der Waals surface area contributed by atoms with E-state index in [9.17, 15) is 0 Å². The molecule has 544 valence electrons. The zero-order chi connectivity index (χ0) is 76.7. The quantitative estimate of drug-likeness (QED) is 0.134. The molecule has 0 bridgehead atoms. The summed E-state index contributed by atoms with van der Waals surface area (Å²) in [6, 6.07) is 137. The van der Waals surface area contributed by atoms with Crippen LogP contribution in [0.5, 0.6) is 0 Å². The van der Waals surface area contributed by atoms with E-state index in [1.165, 1.54) is 227 Å². The molecule has 3 aliphatic rings. The second-order valence-electron chi connectivity index (χ2n) is 33.4. The Bertz CT molecular complexity index is 7690. The molecule has 0 unspecified atom stereocenters.